The SMILES string of the molecule is CC(C)c1cccc(C(C)(C)n2cnnn2)c1. The zero-order valence-corrected chi connectivity index (χ0v) is 10.8. The van der Waals surface area contributed by atoms with Crippen LogP contribution < -0.4 is 0 Å². The van der Waals surface area contributed by atoms with Gasteiger partial charge in [0, 0.05) is 0 Å². The van der Waals surface area contributed by atoms with Crippen LogP contribution in [0.25, 0.3) is 0 Å². The van der Waals surface area contributed by atoms with Crippen molar-refractivity contribution in [3.8, 4) is 0 Å². The van der Waals surface area contributed by atoms with E-state index in [4.69, 9.17) is 0 Å². The third-order valence-corrected chi connectivity index (χ3v) is 3.18. The van der Waals surface area contributed by atoms with Crippen molar-refractivity contribution < 1.29 is 0 Å². The molecule has 0 unspecified atom stereocenters. The minimum Gasteiger partial charge on any atom is -0.223 e. The van der Waals surface area contributed by atoms with Crippen LogP contribution in [0.15, 0.2) is 30.6 Å². The van der Waals surface area contributed by atoms with Crippen molar-refractivity contribution in [2.75, 3.05) is 0 Å². The molecule has 0 fully saturated rings. The molecule has 90 valence electrons. The quantitative estimate of drug-likeness (QED) is 0.814. The van der Waals surface area contributed by atoms with Crippen molar-refractivity contribution in [2.24, 2.45) is 0 Å². The molecule has 0 radical (unpaired) electrons. The Morgan fingerprint density at radius 3 is 2.59 bits per heavy atom. The van der Waals surface area contributed by atoms with E-state index in [-0.39, 0.29) is 5.54 Å². The molecule has 0 spiro atoms. The number of nitrogens with zero attached hydrogens (tertiary/aromatic N) is 4. The first-order chi connectivity index (χ1) is 8.01. The Bertz CT molecular complexity index is 486. The molecule has 4 heteroatoms. The molecular formula is C13H18N4. The molecular weight excluding hydrogens is 212 g/mol. The first-order valence-corrected chi connectivity index (χ1v) is 5.85. The molecule has 17 heavy (non-hydrogen) atoms. The highest BCUT2D eigenvalue weighted by Crippen LogP contribution is 2.26. The number of tetrazole rings is 1. The van der Waals surface area contributed by atoms with Crippen LogP contribution in [0.3, 0.4) is 0 Å². The molecule has 0 aliphatic heterocycles. The average molecular weight is 230 g/mol. The summed E-state index contributed by atoms with van der Waals surface area (Å²) in [5, 5.41) is 11.4. The zero-order valence-electron chi connectivity index (χ0n) is 10.8. The minimum atomic E-state index is -0.228. The highest BCUT2D eigenvalue weighted by Gasteiger charge is 2.24. The van der Waals surface area contributed by atoms with Gasteiger partial charge in [0.25, 0.3) is 0 Å². The third kappa shape index (κ3) is 2.20. The smallest absolute Gasteiger partial charge is 0.139 e. The van der Waals surface area contributed by atoms with Crippen LogP contribution in [0, 0.1) is 0 Å². The number of aromatic nitrogens is 4. The minimum absolute atomic E-state index is 0.228. The Kier molecular flexibility index (Phi) is 2.96. The maximum absolute atomic E-state index is 3.99. The van der Waals surface area contributed by atoms with Crippen molar-refractivity contribution in [3.05, 3.63) is 41.7 Å². The second-order valence-electron chi connectivity index (χ2n) is 5.09. The number of hydrogen-bond acceptors (Lipinski definition) is 3. The number of benzene rings is 1. The van der Waals surface area contributed by atoms with E-state index in [0.717, 1.165) is 0 Å². The normalized spacial score (nSPS) is 12.1. The topological polar surface area (TPSA) is 43.6 Å². The summed E-state index contributed by atoms with van der Waals surface area (Å²) in [6.45, 7) is 8.62. The lowest BCUT2D eigenvalue weighted by atomic mass is 9.90. The Morgan fingerprint density at radius 1 is 1.24 bits per heavy atom. The van der Waals surface area contributed by atoms with Crippen LogP contribution >= 0.6 is 0 Å². The molecule has 0 saturated carbocycles. The van der Waals surface area contributed by atoms with Gasteiger partial charge < -0.3 is 0 Å². The predicted octanol–water partition coefficient (Wildman–Crippen LogP) is 2.58. The van der Waals surface area contributed by atoms with Gasteiger partial charge in [-0.15, -0.1) is 5.10 Å². The summed E-state index contributed by atoms with van der Waals surface area (Å²) in [6, 6.07) is 8.60. The van der Waals surface area contributed by atoms with E-state index in [9.17, 15) is 0 Å². The van der Waals surface area contributed by atoms with Gasteiger partial charge in [-0.3, -0.25) is 0 Å². The fourth-order valence-corrected chi connectivity index (χ4v) is 1.83. The summed E-state index contributed by atoms with van der Waals surface area (Å²) in [5.41, 5.74) is 2.33. The molecule has 1 aromatic heterocycles. The van der Waals surface area contributed by atoms with Gasteiger partial charge >= 0.3 is 0 Å². The van der Waals surface area contributed by atoms with Crippen LogP contribution in [0.4, 0.5) is 0 Å². The molecule has 0 N–H and O–H groups in total. The molecule has 0 bridgehead atoms. The van der Waals surface area contributed by atoms with E-state index in [1.54, 1.807) is 11.0 Å². The van der Waals surface area contributed by atoms with Crippen molar-refractivity contribution >= 4 is 0 Å². The fraction of sp³-hybridized carbons (Fsp3) is 0.462. The number of hydrogen-bond donors (Lipinski definition) is 0. The van der Waals surface area contributed by atoms with Gasteiger partial charge in [-0.1, -0.05) is 38.1 Å². The Hall–Kier alpha value is -1.71. The second kappa shape index (κ2) is 4.28. The van der Waals surface area contributed by atoms with E-state index in [1.165, 1.54) is 11.1 Å². The van der Waals surface area contributed by atoms with Gasteiger partial charge in [0.2, 0.25) is 0 Å². The molecule has 0 atom stereocenters. The second-order valence-corrected chi connectivity index (χ2v) is 5.09. The summed E-state index contributed by atoms with van der Waals surface area (Å²) < 4.78 is 1.78. The predicted molar refractivity (Wildman–Crippen MR) is 66.8 cm³/mol. The molecule has 0 aliphatic rings. The van der Waals surface area contributed by atoms with Crippen molar-refractivity contribution in [3.63, 3.8) is 0 Å². The first-order valence-electron chi connectivity index (χ1n) is 5.85. The van der Waals surface area contributed by atoms with E-state index in [2.05, 4.69) is 67.5 Å². The maximum Gasteiger partial charge on any atom is 0.139 e. The third-order valence-electron chi connectivity index (χ3n) is 3.18. The van der Waals surface area contributed by atoms with E-state index in [0.29, 0.717) is 5.92 Å². The van der Waals surface area contributed by atoms with Gasteiger partial charge in [0.15, 0.2) is 0 Å². The summed E-state index contributed by atoms with van der Waals surface area (Å²) in [4.78, 5) is 0. The summed E-state index contributed by atoms with van der Waals surface area (Å²) in [7, 11) is 0. The van der Waals surface area contributed by atoms with Gasteiger partial charge in [-0.2, -0.15) is 0 Å². The highest BCUT2D eigenvalue weighted by atomic mass is 15.5. The zero-order chi connectivity index (χ0) is 12.5. The Balaban J connectivity index is 2.43. The first kappa shape index (κ1) is 11.8. The largest absolute Gasteiger partial charge is 0.223 e. The fourth-order valence-electron chi connectivity index (χ4n) is 1.83. The van der Waals surface area contributed by atoms with Crippen LogP contribution in [0.1, 0.15) is 44.7 Å². The maximum atomic E-state index is 3.99. The highest BCUT2D eigenvalue weighted by molar-refractivity contribution is 5.30. The summed E-state index contributed by atoms with van der Waals surface area (Å²) >= 11 is 0. The molecule has 1 heterocycles. The molecule has 0 aliphatic carbocycles. The molecule has 0 amide bonds. The van der Waals surface area contributed by atoms with Crippen molar-refractivity contribution in [2.45, 2.75) is 39.2 Å². The van der Waals surface area contributed by atoms with Crippen molar-refractivity contribution in [1.29, 1.82) is 0 Å². The van der Waals surface area contributed by atoms with Crippen LogP contribution in [-0.2, 0) is 5.54 Å². The van der Waals surface area contributed by atoms with Gasteiger partial charge in [-0.25, -0.2) is 4.68 Å². The molecule has 0 saturated heterocycles. The Labute approximate surface area is 102 Å². The molecule has 2 rings (SSSR count). The van der Waals surface area contributed by atoms with Crippen molar-refractivity contribution in [1.82, 2.24) is 20.2 Å². The standard InChI is InChI=1S/C13H18N4/c1-10(2)11-6-5-7-12(8-11)13(3,4)17-9-14-15-16-17/h5-10H,1-4H3. The lowest BCUT2D eigenvalue weighted by molar-refractivity contribution is 0.380. The van der Waals surface area contributed by atoms with Gasteiger partial charge in [0.1, 0.15) is 6.33 Å². The lowest BCUT2D eigenvalue weighted by Gasteiger charge is -2.25. The lowest BCUT2D eigenvalue weighted by Crippen LogP contribution is -2.28. The van der Waals surface area contributed by atoms with E-state index < -0.39 is 0 Å². The van der Waals surface area contributed by atoms with Crippen LogP contribution in [0.5, 0.6) is 0 Å². The number of rotatable bonds is 3. The molecule has 4 nitrogen and oxygen atoms in total. The van der Waals surface area contributed by atoms with E-state index in [1.807, 2.05) is 0 Å². The summed E-state index contributed by atoms with van der Waals surface area (Å²) in [6.07, 6.45) is 1.65. The monoisotopic (exact) mass is 230 g/mol. The van der Waals surface area contributed by atoms with Crippen LogP contribution in [-0.4, -0.2) is 20.2 Å². The van der Waals surface area contributed by atoms with E-state index >= 15 is 0 Å². The average Bonchev–Trinajstić information content (AvgIpc) is 2.83. The van der Waals surface area contributed by atoms with Gasteiger partial charge in [-0.05, 0) is 41.3 Å². The Morgan fingerprint density at radius 2 is 2.00 bits per heavy atom. The molecule has 2 aromatic rings. The van der Waals surface area contributed by atoms with Crippen LogP contribution in [0.2, 0.25) is 0 Å². The van der Waals surface area contributed by atoms with Gasteiger partial charge in [0.05, 0.1) is 5.54 Å². The summed E-state index contributed by atoms with van der Waals surface area (Å²) in [5.74, 6) is 0.527. The molecule has 1 aromatic carbocycles.